The van der Waals surface area contributed by atoms with Crippen LogP contribution >= 0.6 is 11.3 Å². The number of rotatable bonds is 4. The van der Waals surface area contributed by atoms with E-state index in [1.807, 2.05) is 24.0 Å². The third-order valence-corrected chi connectivity index (χ3v) is 4.96. The van der Waals surface area contributed by atoms with Crippen LogP contribution in [0.3, 0.4) is 0 Å². The van der Waals surface area contributed by atoms with Gasteiger partial charge in [0.2, 0.25) is 0 Å². The maximum Gasteiger partial charge on any atom is 0.266 e. The molecule has 3 aromatic heterocycles. The summed E-state index contributed by atoms with van der Waals surface area (Å²) in [4.78, 5) is 23.2. The zero-order valence-electron chi connectivity index (χ0n) is 13.2. The molecule has 124 valence electrons. The largest absolute Gasteiger partial charge is 0.333 e. The van der Waals surface area contributed by atoms with Crippen LogP contribution in [0.1, 0.15) is 10.8 Å². The second-order valence-corrected chi connectivity index (χ2v) is 6.98. The van der Waals surface area contributed by atoms with Gasteiger partial charge in [-0.15, -0.1) is 11.3 Å². The number of imidazole rings is 1. The number of hydrogen-bond acceptors (Lipinski definition) is 6. The van der Waals surface area contributed by atoms with Crippen molar-refractivity contribution in [3.63, 3.8) is 0 Å². The molecule has 4 rings (SSSR count). The van der Waals surface area contributed by atoms with Crippen LogP contribution in [0.25, 0.3) is 0 Å². The Hall–Kier alpha value is -2.32. The molecule has 0 bridgehead atoms. The van der Waals surface area contributed by atoms with E-state index in [2.05, 4.69) is 24.5 Å². The van der Waals surface area contributed by atoms with E-state index in [1.165, 1.54) is 0 Å². The number of thiazole rings is 1. The summed E-state index contributed by atoms with van der Waals surface area (Å²) >= 11 is 1.67. The van der Waals surface area contributed by atoms with Crippen LogP contribution in [-0.2, 0) is 26.2 Å². The van der Waals surface area contributed by atoms with Crippen molar-refractivity contribution in [1.29, 1.82) is 0 Å². The van der Waals surface area contributed by atoms with Crippen molar-refractivity contribution < 1.29 is 0 Å². The maximum atomic E-state index is 12.0. The number of aromatic nitrogens is 5. The SMILES string of the molecule is O=c1cccnn1C[C@@H]1CN(Cc2nccs2)Cc2nccn2C1. The Bertz CT molecular complexity index is 855. The van der Waals surface area contributed by atoms with Gasteiger partial charge in [0.15, 0.2) is 0 Å². The van der Waals surface area contributed by atoms with Crippen molar-refractivity contribution in [2.45, 2.75) is 26.2 Å². The fraction of sp³-hybridized carbons (Fsp3) is 0.375. The van der Waals surface area contributed by atoms with Gasteiger partial charge in [0.25, 0.3) is 5.56 Å². The monoisotopic (exact) mass is 342 g/mol. The molecule has 4 heterocycles. The van der Waals surface area contributed by atoms with E-state index in [-0.39, 0.29) is 11.5 Å². The summed E-state index contributed by atoms with van der Waals surface area (Å²) in [6, 6.07) is 3.23. The van der Waals surface area contributed by atoms with Crippen molar-refractivity contribution in [2.75, 3.05) is 6.54 Å². The highest BCUT2D eigenvalue weighted by Crippen LogP contribution is 2.19. The van der Waals surface area contributed by atoms with Gasteiger partial charge in [0.05, 0.1) is 19.6 Å². The summed E-state index contributed by atoms with van der Waals surface area (Å²) in [7, 11) is 0. The average Bonchev–Trinajstić information content (AvgIpc) is 3.19. The summed E-state index contributed by atoms with van der Waals surface area (Å²) in [5, 5.41) is 7.30. The Morgan fingerprint density at radius 2 is 2.17 bits per heavy atom. The van der Waals surface area contributed by atoms with Crippen molar-refractivity contribution in [1.82, 2.24) is 29.2 Å². The van der Waals surface area contributed by atoms with Crippen LogP contribution < -0.4 is 5.56 Å². The highest BCUT2D eigenvalue weighted by molar-refractivity contribution is 7.09. The molecule has 0 saturated heterocycles. The van der Waals surface area contributed by atoms with Gasteiger partial charge in [0, 0.05) is 55.2 Å². The van der Waals surface area contributed by atoms with E-state index in [9.17, 15) is 4.79 Å². The van der Waals surface area contributed by atoms with Gasteiger partial charge in [-0.05, 0) is 6.07 Å². The molecule has 0 fully saturated rings. The van der Waals surface area contributed by atoms with Crippen molar-refractivity contribution in [2.24, 2.45) is 5.92 Å². The molecule has 0 spiro atoms. The van der Waals surface area contributed by atoms with E-state index >= 15 is 0 Å². The van der Waals surface area contributed by atoms with Crippen LogP contribution in [0.2, 0.25) is 0 Å². The van der Waals surface area contributed by atoms with E-state index in [0.717, 1.165) is 37.0 Å². The predicted molar refractivity (Wildman–Crippen MR) is 90.4 cm³/mol. The molecular weight excluding hydrogens is 324 g/mol. The van der Waals surface area contributed by atoms with Crippen LogP contribution in [0.4, 0.5) is 0 Å². The molecule has 0 saturated carbocycles. The Labute approximate surface area is 143 Å². The smallest absolute Gasteiger partial charge is 0.266 e. The van der Waals surface area contributed by atoms with Gasteiger partial charge in [-0.3, -0.25) is 9.69 Å². The molecule has 7 nitrogen and oxygen atoms in total. The highest BCUT2D eigenvalue weighted by Gasteiger charge is 2.23. The highest BCUT2D eigenvalue weighted by atomic mass is 32.1. The molecule has 3 aromatic rings. The van der Waals surface area contributed by atoms with E-state index in [1.54, 1.807) is 34.3 Å². The maximum absolute atomic E-state index is 12.0. The molecule has 0 amide bonds. The second-order valence-electron chi connectivity index (χ2n) is 6.00. The third-order valence-electron chi connectivity index (χ3n) is 4.20. The summed E-state index contributed by atoms with van der Waals surface area (Å²) in [5.74, 6) is 1.34. The van der Waals surface area contributed by atoms with Crippen LogP contribution in [0.15, 0.2) is 47.1 Å². The van der Waals surface area contributed by atoms with Gasteiger partial charge in [-0.1, -0.05) is 0 Å². The van der Waals surface area contributed by atoms with Crippen LogP contribution in [-0.4, -0.2) is 35.8 Å². The third kappa shape index (κ3) is 3.29. The van der Waals surface area contributed by atoms with Gasteiger partial charge >= 0.3 is 0 Å². The summed E-state index contributed by atoms with van der Waals surface area (Å²) in [6.45, 7) is 3.92. The van der Waals surface area contributed by atoms with Crippen molar-refractivity contribution in [3.05, 3.63) is 63.5 Å². The minimum absolute atomic E-state index is 0.0564. The van der Waals surface area contributed by atoms with Gasteiger partial charge in [-0.25, -0.2) is 14.6 Å². The Morgan fingerprint density at radius 3 is 3.00 bits per heavy atom. The molecule has 0 N–H and O–H groups in total. The molecule has 0 unspecified atom stereocenters. The topological polar surface area (TPSA) is 68.8 Å². The lowest BCUT2D eigenvalue weighted by Crippen LogP contribution is -2.33. The van der Waals surface area contributed by atoms with Crippen LogP contribution in [0.5, 0.6) is 0 Å². The molecule has 1 aliphatic heterocycles. The summed E-state index contributed by atoms with van der Waals surface area (Å²) in [5.41, 5.74) is -0.0564. The molecule has 0 radical (unpaired) electrons. The Balaban J connectivity index is 1.57. The molecule has 8 heteroatoms. The first-order valence-corrected chi connectivity index (χ1v) is 8.79. The minimum Gasteiger partial charge on any atom is -0.333 e. The first kappa shape index (κ1) is 15.2. The van der Waals surface area contributed by atoms with E-state index < -0.39 is 0 Å². The zero-order chi connectivity index (χ0) is 16.4. The molecule has 0 aliphatic carbocycles. The van der Waals surface area contributed by atoms with Crippen molar-refractivity contribution in [3.8, 4) is 0 Å². The summed E-state index contributed by atoms with van der Waals surface area (Å²) in [6.07, 6.45) is 7.35. The molecule has 0 aromatic carbocycles. The van der Waals surface area contributed by atoms with Gasteiger partial charge in [0.1, 0.15) is 10.8 Å². The zero-order valence-corrected chi connectivity index (χ0v) is 14.0. The lowest BCUT2D eigenvalue weighted by atomic mass is 10.1. The number of fused-ring (bicyclic) bond motifs is 1. The molecule has 24 heavy (non-hydrogen) atoms. The fourth-order valence-electron chi connectivity index (χ4n) is 3.15. The van der Waals surface area contributed by atoms with Crippen LogP contribution in [0, 0.1) is 5.92 Å². The van der Waals surface area contributed by atoms with E-state index in [4.69, 9.17) is 0 Å². The predicted octanol–water partition coefficient (Wildman–Crippen LogP) is 1.23. The lowest BCUT2D eigenvalue weighted by molar-refractivity contribution is 0.203. The normalized spacial score (nSPS) is 18.2. The molecular formula is C16H18N6OS. The first-order valence-electron chi connectivity index (χ1n) is 7.91. The number of nitrogens with zero attached hydrogens (tertiary/aromatic N) is 6. The standard InChI is InChI=1S/C16H18N6OS/c23-16-2-1-3-19-22(16)10-13-8-20(12-15-18-5-7-24-15)11-14-17-4-6-21(14)9-13/h1-7,13H,8-12H2/t13-/m1/s1. The fourth-order valence-corrected chi connectivity index (χ4v) is 3.81. The second kappa shape index (κ2) is 6.66. The van der Waals surface area contributed by atoms with E-state index in [0.29, 0.717) is 6.54 Å². The first-order chi connectivity index (χ1) is 11.8. The van der Waals surface area contributed by atoms with Gasteiger partial charge < -0.3 is 4.57 Å². The minimum atomic E-state index is -0.0564. The molecule has 1 aliphatic rings. The Kier molecular flexibility index (Phi) is 4.22. The van der Waals surface area contributed by atoms with Gasteiger partial charge in [-0.2, -0.15) is 5.10 Å². The molecule has 1 atom stereocenters. The van der Waals surface area contributed by atoms with Crippen molar-refractivity contribution >= 4 is 11.3 Å². The summed E-state index contributed by atoms with van der Waals surface area (Å²) < 4.78 is 3.73. The lowest BCUT2D eigenvalue weighted by Gasteiger charge is -2.23. The average molecular weight is 342 g/mol. The number of hydrogen-bond donors (Lipinski definition) is 0. The Morgan fingerprint density at radius 1 is 1.21 bits per heavy atom. The quantitative estimate of drug-likeness (QED) is 0.713.